The molecule has 4 heteroatoms. The number of piperidine rings is 1. The van der Waals surface area contributed by atoms with Crippen molar-refractivity contribution in [2.45, 2.75) is 37.8 Å². The van der Waals surface area contributed by atoms with Crippen molar-refractivity contribution in [3.05, 3.63) is 95.6 Å². The van der Waals surface area contributed by atoms with Gasteiger partial charge in [-0.1, -0.05) is 48.5 Å². The molecule has 1 aliphatic rings. The molecule has 3 aromatic rings. The molecule has 0 aliphatic carbocycles. The summed E-state index contributed by atoms with van der Waals surface area (Å²) in [5, 5.41) is 9.04. The first-order valence-electron chi connectivity index (χ1n) is 10.9. The molecule has 1 heterocycles. The summed E-state index contributed by atoms with van der Waals surface area (Å²) in [6.07, 6.45) is 1.99. The molecule has 0 spiro atoms. The number of ether oxygens (including phenoxy) is 1. The number of benzene rings is 3. The second kappa shape index (κ2) is 9.68. The minimum atomic E-state index is 0.0978. The summed E-state index contributed by atoms with van der Waals surface area (Å²) in [5.41, 5.74) is 10.2. The monoisotopic (exact) mass is 411 g/mol. The average molecular weight is 412 g/mol. The van der Waals surface area contributed by atoms with Gasteiger partial charge in [-0.15, -0.1) is 0 Å². The van der Waals surface area contributed by atoms with E-state index >= 15 is 0 Å². The van der Waals surface area contributed by atoms with Gasteiger partial charge in [0.05, 0.1) is 11.6 Å². The Labute approximate surface area is 184 Å². The van der Waals surface area contributed by atoms with Crippen LogP contribution in [0.3, 0.4) is 0 Å². The summed E-state index contributed by atoms with van der Waals surface area (Å²) in [7, 11) is 0. The van der Waals surface area contributed by atoms with E-state index in [1.165, 1.54) is 11.1 Å². The van der Waals surface area contributed by atoms with E-state index in [0.717, 1.165) is 37.4 Å². The lowest BCUT2D eigenvalue weighted by atomic mass is 9.86. The maximum absolute atomic E-state index is 9.04. The first-order chi connectivity index (χ1) is 15.1. The molecule has 2 N–H and O–H groups in total. The van der Waals surface area contributed by atoms with Gasteiger partial charge in [-0.2, -0.15) is 5.26 Å². The zero-order valence-electron chi connectivity index (χ0n) is 17.9. The maximum Gasteiger partial charge on any atom is 0.119 e. The lowest BCUT2D eigenvalue weighted by molar-refractivity contribution is 0.0590. The molecule has 4 nitrogen and oxygen atoms in total. The minimum absolute atomic E-state index is 0.0978. The fraction of sp³-hybridized carbons (Fsp3) is 0.296. The number of nitrogen functional groups attached to an aromatic ring is 1. The normalized spacial score (nSPS) is 20.0. The molecule has 3 atom stereocenters. The highest BCUT2D eigenvalue weighted by Gasteiger charge is 2.33. The zero-order chi connectivity index (χ0) is 21.6. The Hall–Kier alpha value is -3.29. The highest BCUT2D eigenvalue weighted by Crippen LogP contribution is 2.32. The van der Waals surface area contributed by atoms with Crippen molar-refractivity contribution in [2.24, 2.45) is 0 Å². The highest BCUT2D eigenvalue weighted by molar-refractivity contribution is 5.46. The van der Waals surface area contributed by atoms with Crippen LogP contribution in [0.2, 0.25) is 0 Å². The Kier molecular flexibility index (Phi) is 6.54. The molecule has 0 bridgehead atoms. The Bertz CT molecular complexity index is 1030. The van der Waals surface area contributed by atoms with E-state index < -0.39 is 0 Å². The Balaban J connectivity index is 1.50. The molecule has 4 rings (SSSR count). The van der Waals surface area contributed by atoms with Crippen molar-refractivity contribution >= 4 is 5.69 Å². The van der Waals surface area contributed by atoms with Gasteiger partial charge in [0.2, 0.25) is 0 Å². The van der Waals surface area contributed by atoms with Crippen molar-refractivity contribution < 1.29 is 4.74 Å². The number of nitrogens with two attached hydrogens (primary N) is 1. The molecule has 0 radical (unpaired) electrons. The summed E-state index contributed by atoms with van der Waals surface area (Å²) >= 11 is 0. The zero-order valence-corrected chi connectivity index (χ0v) is 17.9. The van der Waals surface area contributed by atoms with E-state index in [2.05, 4.69) is 60.4 Å². The SMILES string of the molecule is CC(Cc1ccccc1N)N1CCC(Oc2ccc(C#N)cc2)C(c2ccccc2)C1. The van der Waals surface area contributed by atoms with E-state index in [9.17, 15) is 0 Å². The number of para-hydroxylation sites is 1. The molecule has 0 aromatic heterocycles. The molecule has 0 saturated carbocycles. The highest BCUT2D eigenvalue weighted by atomic mass is 16.5. The third-order valence-electron chi connectivity index (χ3n) is 6.27. The lowest BCUT2D eigenvalue weighted by Gasteiger charge is -2.41. The molecule has 3 aromatic carbocycles. The predicted molar refractivity (Wildman–Crippen MR) is 125 cm³/mol. The Morgan fingerprint density at radius 3 is 2.45 bits per heavy atom. The molecular formula is C27H29N3O. The summed E-state index contributed by atoms with van der Waals surface area (Å²) in [6.45, 7) is 4.22. The van der Waals surface area contributed by atoms with Crippen LogP contribution in [-0.4, -0.2) is 30.1 Å². The number of hydrogen-bond acceptors (Lipinski definition) is 4. The van der Waals surface area contributed by atoms with Crippen LogP contribution in [0, 0.1) is 11.3 Å². The van der Waals surface area contributed by atoms with Gasteiger partial charge in [-0.25, -0.2) is 0 Å². The predicted octanol–water partition coefficient (Wildman–Crippen LogP) is 5.01. The smallest absolute Gasteiger partial charge is 0.119 e. The van der Waals surface area contributed by atoms with Gasteiger partial charge < -0.3 is 10.5 Å². The molecule has 1 saturated heterocycles. The second-order valence-electron chi connectivity index (χ2n) is 8.35. The second-order valence-corrected chi connectivity index (χ2v) is 8.35. The fourth-order valence-electron chi connectivity index (χ4n) is 4.47. The summed E-state index contributed by atoms with van der Waals surface area (Å²) in [6, 6.07) is 28.8. The van der Waals surface area contributed by atoms with Crippen molar-refractivity contribution in [3.8, 4) is 11.8 Å². The van der Waals surface area contributed by atoms with E-state index in [-0.39, 0.29) is 12.0 Å². The van der Waals surface area contributed by atoms with E-state index in [4.69, 9.17) is 15.7 Å². The number of rotatable bonds is 6. The van der Waals surface area contributed by atoms with Gasteiger partial charge in [0.15, 0.2) is 0 Å². The lowest BCUT2D eigenvalue weighted by Crippen LogP contribution is -2.48. The van der Waals surface area contributed by atoms with Crippen LogP contribution >= 0.6 is 0 Å². The first kappa shape index (κ1) is 21.0. The molecule has 158 valence electrons. The van der Waals surface area contributed by atoms with E-state index in [1.807, 2.05) is 36.4 Å². The van der Waals surface area contributed by atoms with Crippen LogP contribution < -0.4 is 10.5 Å². The molecule has 0 amide bonds. The summed E-state index contributed by atoms with van der Waals surface area (Å²) < 4.78 is 6.43. The molecule has 3 unspecified atom stereocenters. The summed E-state index contributed by atoms with van der Waals surface area (Å²) in [4.78, 5) is 2.56. The van der Waals surface area contributed by atoms with Gasteiger partial charge in [0.1, 0.15) is 11.9 Å². The van der Waals surface area contributed by atoms with Crippen molar-refractivity contribution in [1.82, 2.24) is 4.90 Å². The van der Waals surface area contributed by atoms with Crippen LogP contribution in [0.25, 0.3) is 0 Å². The van der Waals surface area contributed by atoms with Gasteiger partial charge in [-0.3, -0.25) is 4.90 Å². The third-order valence-corrected chi connectivity index (χ3v) is 6.27. The van der Waals surface area contributed by atoms with Crippen molar-refractivity contribution in [2.75, 3.05) is 18.8 Å². The van der Waals surface area contributed by atoms with Crippen LogP contribution in [0.4, 0.5) is 5.69 Å². The van der Waals surface area contributed by atoms with Crippen LogP contribution in [0.1, 0.15) is 36.0 Å². The topological polar surface area (TPSA) is 62.3 Å². The van der Waals surface area contributed by atoms with Gasteiger partial charge in [0, 0.05) is 30.7 Å². The quantitative estimate of drug-likeness (QED) is 0.579. The van der Waals surface area contributed by atoms with Crippen molar-refractivity contribution in [3.63, 3.8) is 0 Å². The summed E-state index contributed by atoms with van der Waals surface area (Å²) in [5.74, 6) is 1.10. The number of anilines is 1. The van der Waals surface area contributed by atoms with Gasteiger partial charge in [-0.05, 0) is 61.2 Å². The number of likely N-dealkylation sites (tertiary alicyclic amines) is 1. The molecule has 1 aliphatic heterocycles. The molecular weight excluding hydrogens is 382 g/mol. The van der Waals surface area contributed by atoms with Crippen LogP contribution in [0.15, 0.2) is 78.9 Å². The molecule has 1 fully saturated rings. The van der Waals surface area contributed by atoms with Crippen LogP contribution in [0.5, 0.6) is 5.75 Å². The Morgan fingerprint density at radius 1 is 1.03 bits per heavy atom. The number of hydrogen-bond donors (Lipinski definition) is 1. The fourth-order valence-corrected chi connectivity index (χ4v) is 4.47. The van der Waals surface area contributed by atoms with Gasteiger partial charge in [0.25, 0.3) is 0 Å². The average Bonchev–Trinajstić information content (AvgIpc) is 2.82. The maximum atomic E-state index is 9.04. The first-order valence-corrected chi connectivity index (χ1v) is 10.9. The van der Waals surface area contributed by atoms with E-state index in [1.54, 1.807) is 0 Å². The van der Waals surface area contributed by atoms with Crippen molar-refractivity contribution in [1.29, 1.82) is 5.26 Å². The third kappa shape index (κ3) is 5.07. The Morgan fingerprint density at radius 2 is 1.74 bits per heavy atom. The molecule has 31 heavy (non-hydrogen) atoms. The van der Waals surface area contributed by atoms with Crippen LogP contribution in [-0.2, 0) is 6.42 Å². The number of nitriles is 1. The van der Waals surface area contributed by atoms with Gasteiger partial charge >= 0.3 is 0 Å². The largest absolute Gasteiger partial charge is 0.490 e. The number of nitrogens with zero attached hydrogens (tertiary/aromatic N) is 2. The minimum Gasteiger partial charge on any atom is -0.490 e. The van der Waals surface area contributed by atoms with E-state index in [0.29, 0.717) is 11.6 Å². The standard InChI is InChI=1S/C27H29N3O/c1-20(17-23-9-5-6-10-26(23)29)30-16-15-27(25(19-30)22-7-3-2-4-8-22)31-24-13-11-21(18-28)12-14-24/h2-14,20,25,27H,15-17,19,29H2,1H3.